The van der Waals surface area contributed by atoms with Gasteiger partial charge in [-0.15, -0.1) is 0 Å². The van der Waals surface area contributed by atoms with Crippen LogP contribution in [0.15, 0.2) is 36.7 Å². The van der Waals surface area contributed by atoms with Gasteiger partial charge < -0.3 is 10.1 Å². The fourth-order valence-corrected chi connectivity index (χ4v) is 2.16. The van der Waals surface area contributed by atoms with Gasteiger partial charge in [-0.05, 0) is 23.6 Å². The number of rotatable bonds is 5. The van der Waals surface area contributed by atoms with Crippen molar-refractivity contribution < 1.29 is 4.74 Å². The zero-order chi connectivity index (χ0) is 14.5. The molecule has 0 saturated heterocycles. The van der Waals surface area contributed by atoms with E-state index in [1.54, 1.807) is 13.3 Å². The Bertz CT molecular complexity index is 557. The highest BCUT2D eigenvalue weighted by Gasteiger charge is 2.16. The van der Waals surface area contributed by atoms with Crippen molar-refractivity contribution in [2.24, 2.45) is 5.92 Å². The summed E-state index contributed by atoms with van der Waals surface area (Å²) in [7, 11) is 1.66. The van der Waals surface area contributed by atoms with Gasteiger partial charge in [0.15, 0.2) is 0 Å². The Morgan fingerprint density at radius 3 is 2.40 bits per heavy atom. The molecule has 2 aromatic rings. The monoisotopic (exact) mass is 291 g/mol. The number of anilines is 1. The van der Waals surface area contributed by atoms with Crippen LogP contribution in [0.4, 0.5) is 5.82 Å². The van der Waals surface area contributed by atoms with Gasteiger partial charge in [0.1, 0.15) is 16.7 Å². The van der Waals surface area contributed by atoms with Gasteiger partial charge in [-0.1, -0.05) is 37.6 Å². The van der Waals surface area contributed by atoms with Gasteiger partial charge in [-0.25, -0.2) is 4.98 Å². The first kappa shape index (κ1) is 14.6. The molecule has 1 atom stereocenters. The van der Waals surface area contributed by atoms with Gasteiger partial charge in [-0.3, -0.25) is 4.98 Å². The third kappa shape index (κ3) is 3.61. The highest BCUT2D eigenvalue weighted by molar-refractivity contribution is 6.29. The van der Waals surface area contributed by atoms with Crippen molar-refractivity contribution in [2.75, 3.05) is 12.4 Å². The van der Waals surface area contributed by atoms with E-state index in [0.29, 0.717) is 16.9 Å². The van der Waals surface area contributed by atoms with E-state index in [1.807, 2.05) is 12.1 Å². The highest BCUT2D eigenvalue weighted by Crippen LogP contribution is 2.27. The molecule has 0 bridgehead atoms. The predicted octanol–water partition coefficient (Wildman–Crippen LogP) is 3.95. The van der Waals surface area contributed by atoms with Crippen LogP contribution in [0, 0.1) is 5.92 Å². The van der Waals surface area contributed by atoms with Crippen LogP contribution in [0.1, 0.15) is 25.5 Å². The van der Waals surface area contributed by atoms with Crippen LogP contribution in [0.2, 0.25) is 5.15 Å². The van der Waals surface area contributed by atoms with Gasteiger partial charge >= 0.3 is 0 Å². The Morgan fingerprint density at radius 1 is 1.15 bits per heavy atom. The summed E-state index contributed by atoms with van der Waals surface area (Å²) in [5.74, 6) is 1.91. The fourth-order valence-electron chi connectivity index (χ4n) is 2.02. The molecule has 0 aliphatic rings. The van der Waals surface area contributed by atoms with Crippen LogP contribution in [0.3, 0.4) is 0 Å². The molecule has 1 unspecified atom stereocenters. The van der Waals surface area contributed by atoms with Crippen LogP contribution in [0.25, 0.3) is 0 Å². The molecular formula is C15H18ClN3O. The number of ether oxygens (including phenoxy) is 1. The highest BCUT2D eigenvalue weighted by atomic mass is 35.5. The smallest absolute Gasteiger partial charge is 0.149 e. The molecule has 1 heterocycles. The summed E-state index contributed by atoms with van der Waals surface area (Å²) in [6.07, 6.45) is 3.19. The number of benzene rings is 1. The molecule has 0 aliphatic heterocycles. The first-order valence-corrected chi connectivity index (χ1v) is 6.86. The van der Waals surface area contributed by atoms with E-state index in [9.17, 15) is 0 Å². The molecule has 0 aliphatic carbocycles. The normalized spacial score (nSPS) is 12.2. The summed E-state index contributed by atoms with van der Waals surface area (Å²) < 4.78 is 5.18. The number of nitrogens with zero attached hydrogens (tertiary/aromatic N) is 2. The zero-order valence-corrected chi connectivity index (χ0v) is 12.6. The topological polar surface area (TPSA) is 47.0 Å². The van der Waals surface area contributed by atoms with E-state index in [-0.39, 0.29) is 6.04 Å². The minimum absolute atomic E-state index is 0.133. The second-order valence-corrected chi connectivity index (χ2v) is 5.25. The average molecular weight is 292 g/mol. The maximum Gasteiger partial charge on any atom is 0.149 e. The Morgan fingerprint density at radius 2 is 1.85 bits per heavy atom. The molecule has 20 heavy (non-hydrogen) atoms. The molecule has 106 valence electrons. The SMILES string of the molecule is COc1ccc(C(Nc2cncc(Cl)n2)C(C)C)cc1. The van der Waals surface area contributed by atoms with Crippen molar-refractivity contribution >= 4 is 17.4 Å². The second-order valence-electron chi connectivity index (χ2n) is 4.87. The number of nitrogens with one attached hydrogen (secondary N) is 1. The predicted molar refractivity (Wildman–Crippen MR) is 81.2 cm³/mol. The van der Waals surface area contributed by atoms with Crippen LogP contribution < -0.4 is 10.1 Å². The molecule has 4 nitrogen and oxygen atoms in total. The molecular weight excluding hydrogens is 274 g/mol. The van der Waals surface area contributed by atoms with Crippen LogP contribution in [-0.4, -0.2) is 17.1 Å². The minimum Gasteiger partial charge on any atom is -0.497 e. The lowest BCUT2D eigenvalue weighted by Gasteiger charge is -2.23. The summed E-state index contributed by atoms with van der Waals surface area (Å²) in [4.78, 5) is 8.26. The number of hydrogen-bond acceptors (Lipinski definition) is 4. The van der Waals surface area contributed by atoms with Gasteiger partial charge in [0.2, 0.25) is 0 Å². The molecule has 2 rings (SSSR count). The fraction of sp³-hybridized carbons (Fsp3) is 0.333. The van der Waals surface area contributed by atoms with E-state index >= 15 is 0 Å². The van der Waals surface area contributed by atoms with Crippen LogP contribution in [-0.2, 0) is 0 Å². The van der Waals surface area contributed by atoms with Gasteiger partial charge in [0, 0.05) is 0 Å². The maximum atomic E-state index is 5.86. The summed E-state index contributed by atoms with van der Waals surface area (Å²) in [6.45, 7) is 4.31. The molecule has 0 amide bonds. The van der Waals surface area contributed by atoms with Crippen molar-refractivity contribution in [1.82, 2.24) is 9.97 Å². The van der Waals surface area contributed by atoms with E-state index < -0.39 is 0 Å². The summed E-state index contributed by atoms with van der Waals surface area (Å²) >= 11 is 5.86. The Balaban J connectivity index is 2.22. The third-order valence-corrected chi connectivity index (χ3v) is 3.23. The third-order valence-electron chi connectivity index (χ3n) is 3.05. The number of halogens is 1. The Kier molecular flexibility index (Phi) is 4.79. The molecule has 1 aromatic heterocycles. The molecule has 1 N–H and O–H groups in total. The van der Waals surface area contributed by atoms with E-state index in [1.165, 1.54) is 11.8 Å². The van der Waals surface area contributed by atoms with Gasteiger partial charge in [0.25, 0.3) is 0 Å². The van der Waals surface area contributed by atoms with E-state index in [4.69, 9.17) is 16.3 Å². The van der Waals surface area contributed by atoms with Crippen molar-refractivity contribution in [3.05, 3.63) is 47.4 Å². The quantitative estimate of drug-likeness (QED) is 0.906. The van der Waals surface area contributed by atoms with Crippen molar-refractivity contribution in [2.45, 2.75) is 19.9 Å². The van der Waals surface area contributed by atoms with Crippen molar-refractivity contribution in [3.8, 4) is 5.75 Å². The standard InChI is InChI=1S/C15H18ClN3O/c1-10(2)15(11-4-6-12(20-3)7-5-11)19-14-9-17-8-13(16)18-14/h4-10,15H,1-3H3,(H,18,19). The summed E-state index contributed by atoms with van der Waals surface area (Å²) in [6, 6.07) is 8.14. The first-order chi connectivity index (χ1) is 9.60. The van der Waals surface area contributed by atoms with Crippen molar-refractivity contribution in [1.29, 1.82) is 0 Å². The molecule has 5 heteroatoms. The lowest BCUT2D eigenvalue weighted by molar-refractivity contribution is 0.414. The van der Waals surface area contributed by atoms with Gasteiger partial charge in [-0.2, -0.15) is 0 Å². The molecule has 0 fully saturated rings. The second kappa shape index (κ2) is 6.57. The van der Waals surface area contributed by atoms with Crippen molar-refractivity contribution in [3.63, 3.8) is 0 Å². The van der Waals surface area contributed by atoms with E-state index in [0.717, 1.165) is 5.75 Å². The van der Waals surface area contributed by atoms with Gasteiger partial charge in [0.05, 0.1) is 25.5 Å². The minimum atomic E-state index is 0.133. The van der Waals surface area contributed by atoms with E-state index in [2.05, 4.69) is 41.3 Å². The van der Waals surface area contributed by atoms with Crippen LogP contribution in [0.5, 0.6) is 5.75 Å². The molecule has 1 aromatic carbocycles. The zero-order valence-electron chi connectivity index (χ0n) is 11.8. The Labute approximate surface area is 124 Å². The maximum absolute atomic E-state index is 5.86. The molecule has 0 saturated carbocycles. The largest absolute Gasteiger partial charge is 0.497 e. The number of methoxy groups -OCH3 is 1. The molecule has 0 spiro atoms. The molecule has 0 radical (unpaired) electrons. The lowest BCUT2D eigenvalue weighted by Crippen LogP contribution is -2.17. The Hall–Kier alpha value is -1.81. The summed E-state index contributed by atoms with van der Waals surface area (Å²) in [5, 5.41) is 3.76. The lowest BCUT2D eigenvalue weighted by atomic mass is 9.96. The number of hydrogen-bond donors (Lipinski definition) is 1. The number of aromatic nitrogens is 2. The van der Waals surface area contributed by atoms with Crippen LogP contribution >= 0.6 is 11.6 Å². The first-order valence-electron chi connectivity index (χ1n) is 6.48. The average Bonchev–Trinajstić information content (AvgIpc) is 2.45. The summed E-state index contributed by atoms with van der Waals surface area (Å²) in [5.41, 5.74) is 1.17.